The highest BCUT2D eigenvalue weighted by atomic mass is 16.5. The zero-order valence-electron chi connectivity index (χ0n) is 10.3. The fourth-order valence-electron chi connectivity index (χ4n) is 1.86. The van der Waals surface area contributed by atoms with Crippen LogP contribution in [0, 0.1) is 0 Å². The zero-order chi connectivity index (χ0) is 12.1. The molecule has 1 aliphatic heterocycles. The van der Waals surface area contributed by atoms with Gasteiger partial charge in [-0.1, -0.05) is 0 Å². The first-order valence-electron chi connectivity index (χ1n) is 5.81. The van der Waals surface area contributed by atoms with Crippen molar-refractivity contribution in [2.45, 2.75) is 13.0 Å². The number of rotatable bonds is 3. The van der Waals surface area contributed by atoms with Gasteiger partial charge in [-0.2, -0.15) is 0 Å². The summed E-state index contributed by atoms with van der Waals surface area (Å²) >= 11 is 0. The second-order valence-corrected chi connectivity index (χ2v) is 4.12. The summed E-state index contributed by atoms with van der Waals surface area (Å²) in [4.78, 5) is 6.70. The van der Waals surface area contributed by atoms with Crippen molar-refractivity contribution in [3.8, 4) is 0 Å². The molecule has 4 nitrogen and oxygen atoms in total. The Kier molecular flexibility index (Phi) is 3.98. The van der Waals surface area contributed by atoms with Crippen LogP contribution in [0.5, 0.6) is 0 Å². The Balaban J connectivity index is 2.04. The number of methoxy groups -OCH3 is 1. The van der Waals surface area contributed by atoms with Crippen molar-refractivity contribution < 1.29 is 9.47 Å². The minimum atomic E-state index is 0.276. The molecule has 0 aromatic carbocycles. The normalized spacial score (nSPS) is 20.8. The minimum absolute atomic E-state index is 0.276. The molecule has 1 atom stereocenters. The van der Waals surface area contributed by atoms with Gasteiger partial charge in [0.05, 0.1) is 26.1 Å². The Hall–Kier alpha value is -1.55. The molecule has 1 saturated heterocycles. The van der Waals surface area contributed by atoms with E-state index in [1.54, 1.807) is 13.4 Å². The standard InChI is InChI=1S/C13H18N2O2/c1-11-10-15(6-8-17-11)13-4-3-12(9-14-13)5-7-16-2/h3-5,7,9,11H,6,8,10H2,1-2H3/b7-5+. The van der Waals surface area contributed by atoms with E-state index in [2.05, 4.69) is 16.8 Å². The maximum Gasteiger partial charge on any atom is 0.128 e. The van der Waals surface area contributed by atoms with E-state index in [-0.39, 0.29) is 6.10 Å². The predicted molar refractivity (Wildman–Crippen MR) is 67.9 cm³/mol. The van der Waals surface area contributed by atoms with Crippen molar-refractivity contribution in [2.75, 3.05) is 31.7 Å². The molecule has 0 saturated carbocycles. The van der Waals surface area contributed by atoms with Gasteiger partial charge in [0, 0.05) is 19.3 Å². The van der Waals surface area contributed by atoms with E-state index in [0.29, 0.717) is 0 Å². The Morgan fingerprint density at radius 2 is 2.41 bits per heavy atom. The topological polar surface area (TPSA) is 34.6 Å². The van der Waals surface area contributed by atoms with Crippen LogP contribution in [0.15, 0.2) is 24.6 Å². The van der Waals surface area contributed by atoms with Crippen LogP contribution in [0.1, 0.15) is 12.5 Å². The molecule has 0 aliphatic carbocycles. The van der Waals surface area contributed by atoms with Gasteiger partial charge in [-0.05, 0) is 30.7 Å². The molecule has 0 spiro atoms. The van der Waals surface area contributed by atoms with Crippen LogP contribution in [0.3, 0.4) is 0 Å². The summed E-state index contributed by atoms with van der Waals surface area (Å²) in [6.45, 7) is 4.67. The molecule has 1 aromatic heterocycles. The summed E-state index contributed by atoms with van der Waals surface area (Å²) in [7, 11) is 1.63. The van der Waals surface area contributed by atoms with E-state index in [4.69, 9.17) is 9.47 Å². The summed E-state index contributed by atoms with van der Waals surface area (Å²) in [5, 5.41) is 0. The van der Waals surface area contributed by atoms with Crippen LogP contribution in [0.2, 0.25) is 0 Å². The van der Waals surface area contributed by atoms with Gasteiger partial charge in [0.15, 0.2) is 0 Å². The quantitative estimate of drug-likeness (QED) is 0.748. The van der Waals surface area contributed by atoms with Crippen molar-refractivity contribution in [2.24, 2.45) is 0 Å². The maximum absolute atomic E-state index is 5.51. The fraction of sp³-hybridized carbons (Fsp3) is 0.462. The first kappa shape index (κ1) is 11.9. The van der Waals surface area contributed by atoms with Crippen molar-refractivity contribution in [1.29, 1.82) is 0 Å². The van der Waals surface area contributed by atoms with Crippen LogP contribution in [-0.2, 0) is 9.47 Å². The highest BCUT2D eigenvalue weighted by Crippen LogP contribution is 2.15. The SMILES string of the molecule is CO/C=C/c1ccc(N2CCOC(C)C2)nc1. The number of morpholine rings is 1. The monoisotopic (exact) mass is 234 g/mol. The highest BCUT2D eigenvalue weighted by Gasteiger charge is 2.17. The lowest BCUT2D eigenvalue weighted by Gasteiger charge is -2.31. The second-order valence-electron chi connectivity index (χ2n) is 4.12. The van der Waals surface area contributed by atoms with E-state index < -0.39 is 0 Å². The molecule has 1 unspecified atom stereocenters. The van der Waals surface area contributed by atoms with Crippen molar-refractivity contribution in [3.63, 3.8) is 0 Å². The number of ether oxygens (including phenoxy) is 2. The number of nitrogens with zero attached hydrogens (tertiary/aromatic N) is 2. The van der Waals surface area contributed by atoms with E-state index in [9.17, 15) is 0 Å². The first-order chi connectivity index (χ1) is 8.29. The van der Waals surface area contributed by atoms with Gasteiger partial charge < -0.3 is 14.4 Å². The third-order valence-electron chi connectivity index (χ3n) is 2.73. The number of anilines is 1. The molecule has 0 bridgehead atoms. The molecule has 4 heteroatoms. The first-order valence-corrected chi connectivity index (χ1v) is 5.81. The summed E-state index contributed by atoms with van der Waals surface area (Å²) in [6, 6.07) is 4.07. The van der Waals surface area contributed by atoms with Crippen LogP contribution in [0.25, 0.3) is 6.08 Å². The molecule has 0 amide bonds. The van der Waals surface area contributed by atoms with Gasteiger partial charge in [0.25, 0.3) is 0 Å². The number of hydrogen-bond acceptors (Lipinski definition) is 4. The largest absolute Gasteiger partial charge is 0.504 e. The van der Waals surface area contributed by atoms with Crippen LogP contribution < -0.4 is 4.90 Å². The second kappa shape index (κ2) is 5.68. The van der Waals surface area contributed by atoms with Gasteiger partial charge in [-0.3, -0.25) is 0 Å². The highest BCUT2D eigenvalue weighted by molar-refractivity contribution is 5.50. The Labute approximate surface area is 102 Å². The minimum Gasteiger partial charge on any atom is -0.504 e. The smallest absolute Gasteiger partial charge is 0.128 e. The van der Waals surface area contributed by atoms with Crippen molar-refractivity contribution in [3.05, 3.63) is 30.2 Å². The summed E-state index contributed by atoms with van der Waals surface area (Å²) in [5.41, 5.74) is 1.04. The van der Waals surface area contributed by atoms with Crippen molar-refractivity contribution in [1.82, 2.24) is 4.98 Å². The fourth-order valence-corrected chi connectivity index (χ4v) is 1.86. The van der Waals surface area contributed by atoms with Gasteiger partial charge in [0.2, 0.25) is 0 Å². The maximum atomic E-state index is 5.51. The van der Waals surface area contributed by atoms with Gasteiger partial charge in [-0.25, -0.2) is 4.98 Å². The molecule has 17 heavy (non-hydrogen) atoms. The molecule has 2 heterocycles. The average Bonchev–Trinajstić information content (AvgIpc) is 2.37. The predicted octanol–water partition coefficient (Wildman–Crippen LogP) is 1.92. The average molecular weight is 234 g/mol. The van der Waals surface area contributed by atoms with E-state index in [1.807, 2.05) is 24.4 Å². The van der Waals surface area contributed by atoms with E-state index in [0.717, 1.165) is 31.1 Å². The summed E-state index contributed by atoms with van der Waals surface area (Å²) in [6.07, 6.45) is 5.66. The van der Waals surface area contributed by atoms with Gasteiger partial charge >= 0.3 is 0 Å². The lowest BCUT2D eigenvalue weighted by Crippen LogP contribution is -2.41. The third-order valence-corrected chi connectivity index (χ3v) is 2.73. The molecular weight excluding hydrogens is 216 g/mol. The van der Waals surface area contributed by atoms with E-state index in [1.165, 1.54) is 0 Å². The molecule has 92 valence electrons. The number of aromatic nitrogens is 1. The van der Waals surface area contributed by atoms with Crippen molar-refractivity contribution >= 4 is 11.9 Å². The molecule has 2 rings (SSSR count). The van der Waals surface area contributed by atoms with E-state index >= 15 is 0 Å². The van der Waals surface area contributed by atoms with Crippen LogP contribution in [-0.4, -0.2) is 37.9 Å². The molecule has 1 aromatic rings. The molecular formula is C13H18N2O2. The summed E-state index contributed by atoms with van der Waals surface area (Å²) in [5.74, 6) is 1.01. The summed E-state index contributed by atoms with van der Waals surface area (Å²) < 4.78 is 10.4. The number of pyridine rings is 1. The molecule has 0 N–H and O–H groups in total. The lowest BCUT2D eigenvalue weighted by atomic mass is 10.2. The Morgan fingerprint density at radius 3 is 3.06 bits per heavy atom. The lowest BCUT2D eigenvalue weighted by molar-refractivity contribution is 0.0529. The van der Waals surface area contributed by atoms with Crippen LogP contribution in [0.4, 0.5) is 5.82 Å². The Morgan fingerprint density at radius 1 is 1.53 bits per heavy atom. The molecule has 1 fully saturated rings. The van der Waals surface area contributed by atoms with Gasteiger partial charge in [0.1, 0.15) is 5.82 Å². The van der Waals surface area contributed by atoms with Crippen LogP contribution >= 0.6 is 0 Å². The molecule has 1 aliphatic rings. The number of hydrogen-bond donors (Lipinski definition) is 0. The zero-order valence-corrected chi connectivity index (χ0v) is 10.3. The molecule has 0 radical (unpaired) electrons. The third kappa shape index (κ3) is 3.20. The Bertz CT molecular complexity index is 376. The van der Waals surface area contributed by atoms with Gasteiger partial charge in [-0.15, -0.1) is 0 Å².